The second-order valence-corrected chi connectivity index (χ2v) is 3.18. The summed E-state index contributed by atoms with van der Waals surface area (Å²) in [6.07, 6.45) is -0.495. The molecule has 2 N–H and O–H groups in total. The fourth-order valence-electron chi connectivity index (χ4n) is 1.25. The van der Waals surface area contributed by atoms with Gasteiger partial charge < -0.3 is 10.5 Å². The van der Waals surface area contributed by atoms with E-state index in [9.17, 15) is 8.78 Å². The molecule has 0 radical (unpaired) electrons. The molecule has 0 aliphatic rings. The molecule has 0 aliphatic heterocycles. The maximum atomic E-state index is 12.1. The number of unbranched alkanes of at least 4 members (excludes halogenated alkanes) is 1. The molecule has 0 aromatic rings. The lowest BCUT2D eigenvalue weighted by Crippen LogP contribution is -2.34. The highest BCUT2D eigenvalue weighted by Crippen LogP contribution is 2.00. The monoisotopic (exact) mass is 210 g/mol. The summed E-state index contributed by atoms with van der Waals surface area (Å²) in [6, 6.07) is 0. The van der Waals surface area contributed by atoms with Crippen LogP contribution in [0, 0.1) is 0 Å². The highest BCUT2D eigenvalue weighted by molar-refractivity contribution is 4.59. The van der Waals surface area contributed by atoms with Crippen molar-refractivity contribution >= 4 is 0 Å². The highest BCUT2D eigenvalue weighted by atomic mass is 19.3. The summed E-state index contributed by atoms with van der Waals surface area (Å²) >= 11 is 0. The molecule has 86 valence electrons. The van der Waals surface area contributed by atoms with Crippen molar-refractivity contribution in [2.75, 3.05) is 39.9 Å². The Kier molecular flexibility index (Phi) is 9.13. The van der Waals surface area contributed by atoms with E-state index in [0.717, 1.165) is 12.8 Å². The summed E-state index contributed by atoms with van der Waals surface area (Å²) in [5.41, 5.74) is 5.32. The van der Waals surface area contributed by atoms with Crippen molar-refractivity contribution in [3.63, 3.8) is 0 Å². The van der Waals surface area contributed by atoms with Crippen LogP contribution in [-0.4, -0.2) is 51.2 Å². The van der Waals surface area contributed by atoms with Crippen molar-refractivity contribution in [2.24, 2.45) is 5.73 Å². The van der Waals surface area contributed by atoms with Crippen LogP contribution in [0.4, 0.5) is 8.78 Å². The van der Waals surface area contributed by atoms with Gasteiger partial charge in [-0.2, -0.15) is 0 Å². The van der Waals surface area contributed by atoms with E-state index in [1.807, 2.05) is 0 Å². The van der Waals surface area contributed by atoms with Gasteiger partial charge in [0.15, 0.2) is 0 Å². The van der Waals surface area contributed by atoms with Crippen LogP contribution in [0.2, 0.25) is 0 Å². The number of ether oxygens (including phenoxy) is 1. The van der Waals surface area contributed by atoms with Gasteiger partial charge in [-0.15, -0.1) is 0 Å². The molecule has 0 rings (SSSR count). The van der Waals surface area contributed by atoms with Gasteiger partial charge in [0, 0.05) is 26.8 Å². The number of nitrogens with zero attached hydrogens (tertiary/aromatic N) is 1. The minimum atomic E-state index is -2.27. The molecule has 5 heteroatoms. The van der Waals surface area contributed by atoms with Crippen molar-refractivity contribution in [2.45, 2.75) is 19.3 Å². The number of hydrogen-bond acceptors (Lipinski definition) is 3. The summed E-state index contributed by atoms with van der Waals surface area (Å²) in [5, 5.41) is 0. The number of halogens is 2. The van der Waals surface area contributed by atoms with Gasteiger partial charge in [-0.25, -0.2) is 8.78 Å². The number of hydrogen-bond donors (Lipinski definition) is 1. The normalized spacial score (nSPS) is 11.6. The summed E-state index contributed by atoms with van der Waals surface area (Å²) in [7, 11) is 1.64. The van der Waals surface area contributed by atoms with Crippen LogP contribution in [0.1, 0.15) is 12.8 Å². The van der Waals surface area contributed by atoms with E-state index in [4.69, 9.17) is 10.5 Å². The highest BCUT2D eigenvalue weighted by Gasteiger charge is 2.10. The lowest BCUT2D eigenvalue weighted by atomic mass is 10.3. The van der Waals surface area contributed by atoms with E-state index in [1.165, 1.54) is 0 Å². The van der Waals surface area contributed by atoms with Crippen molar-refractivity contribution in [1.82, 2.24) is 4.90 Å². The van der Waals surface area contributed by atoms with E-state index >= 15 is 0 Å². The molecular formula is C9H20F2N2O. The lowest BCUT2D eigenvalue weighted by molar-refractivity contribution is 0.0872. The lowest BCUT2D eigenvalue weighted by Gasteiger charge is -2.20. The molecule has 0 unspecified atom stereocenters. The quantitative estimate of drug-likeness (QED) is 0.576. The van der Waals surface area contributed by atoms with Crippen LogP contribution in [0.5, 0.6) is 0 Å². The van der Waals surface area contributed by atoms with Crippen LogP contribution in [0.15, 0.2) is 0 Å². The van der Waals surface area contributed by atoms with E-state index < -0.39 is 6.43 Å². The van der Waals surface area contributed by atoms with Crippen LogP contribution >= 0.6 is 0 Å². The molecule has 14 heavy (non-hydrogen) atoms. The third kappa shape index (κ3) is 8.34. The fourth-order valence-corrected chi connectivity index (χ4v) is 1.25. The Morgan fingerprint density at radius 3 is 2.50 bits per heavy atom. The largest absolute Gasteiger partial charge is 0.385 e. The second-order valence-electron chi connectivity index (χ2n) is 3.18. The van der Waals surface area contributed by atoms with Crippen LogP contribution in [0.25, 0.3) is 0 Å². The Morgan fingerprint density at radius 2 is 2.00 bits per heavy atom. The maximum absolute atomic E-state index is 12.1. The average molecular weight is 210 g/mol. The average Bonchev–Trinajstić information content (AvgIpc) is 2.12. The predicted octanol–water partition coefficient (Wildman–Crippen LogP) is 0.939. The summed E-state index contributed by atoms with van der Waals surface area (Å²) in [4.78, 5) is 1.69. The Morgan fingerprint density at radius 1 is 1.29 bits per heavy atom. The molecule has 0 heterocycles. The molecule has 3 nitrogen and oxygen atoms in total. The Hall–Kier alpha value is -0.260. The molecule has 0 saturated carbocycles. The number of nitrogens with two attached hydrogens (primary N) is 1. The Labute approximate surface area is 84.2 Å². The molecule has 0 aliphatic carbocycles. The third-order valence-corrected chi connectivity index (χ3v) is 1.91. The van der Waals surface area contributed by atoms with Gasteiger partial charge in [0.2, 0.25) is 0 Å². The zero-order valence-corrected chi connectivity index (χ0v) is 8.72. The minimum absolute atomic E-state index is 0.176. The summed E-state index contributed by atoms with van der Waals surface area (Å²) < 4.78 is 29.0. The van der Waals surface area contributed by atoms with Crippen molar-refractivity contribution in [1.29, 1.82) is 0 Å². The number of rotatable bonds is 9. The zero-order valence-electron chi connectivity index (χ0n) is 8.72. The van der Waals surface area contributed by atoms with Crippen LogP contribution in [-0.2, 0) is 4.74 Å². The minimum Gasteiger partial charge on any atom is -0.385 e. The number of methoxy groups -OCH3 is 1. The first-order valence-corrected chi connectivity index (χ1v) is 4.90. The zero-order chi connectivity index (χ0) is 10.8. The summed E-state index contributed by atoms with van der Waals surface area (Å²) in [5.74, 6) is 0. The molecule has 0 bridgehead atoms. The molecule has 0 saturated heterocycles. The SMILES string of the molecule is COCCCCN(CCN)CC(F)F. The Bertz CT molecular complexity index is 125. The van der Waals surface area contributed by atoms with Gasteiger partial charge in [0.05, 0.1) is 6.54 Å². The van der Waals surface area contributed by atoms with E-state index in [0.29, 0.717) is 26.2 Å². The molecule has 0 atom stereocenters. The van der Waals surface area contributed by atoms with Gasteiger partial charge in [-0.05, 0) is 19.4 Å². The molecule has 0 amide bonds. The first-order valence-electron chi connectivity index (χ1n) is 4.90. The predicted molar refractivity (Wildman–Crippen MR) is 52.6 cm³/mol. The van der Waals surface area contributed by atoms with Gasteiger partial charge in [0.1, 0.15) is 0 Å². The fraction of sp³-hybridized carbons (Fsp3) is 1.00. The first-order chi connectivity index (χ1) is 6.70. The molecule has 0 spiro atoms. The van der Waals surface area contributed by atoms with Gasteiger partial charge in [-0.3, -0.25) is 4.90 Å². The van der Waals surface area contributed by atoms with Crippen molar-refractivity contribution < 1.29 is 13.5 Å². The van der Waals surface area contributed by atoms with Gasteiger partial charge >= 0.3 is 0 Å². The molecule has 0 fully saturated rings. The molecular weight excluding hydrogens is 190 g/mol. The third-order valence-electron chi connectivity index (χ3n) is 1.91. The van der Waals surface area contributed by atoms with Gasteiger partial charge in [-0.1, -0.05) is 0 Å². The second kappa shape index (κ2) is 9.30. The smallest absolute Gasteiger partial charge is 0.251 e. The van der Waals surface area contributed by atoms with Crippen molar-refractivity contribution in [3.05, 3.63) is 0 Å². The molecule has 0 aromatic heterocycles. The van der Waals surface area contributed by atoms with E-state index in [2.05, 4.69) is 0 Å². The Balaban J connectivity index is 3.51. The first kappa shape index (κ1) is 13.7. The van der Waals surface area contributed by atoms with Gasteiger partial charge in [0.25, 0.3) is 6.43 Å². The summed E-state index contributed by atoms with van der Waals surface area (Å²) in [6.45, 7) is 2.15. The van der Waals surface area contributed by atoms with Crippen LogP contribution in [0.3, 0.4) is 0 Å². The van der Waals surface area contributed by atoms with E-state index in [-0.39, 0.29) is 6.54 Å². The van der Waals surface area contributed by atoms with Crippen molar-refractivity contribution in [3.8, 4) is 0 Å². The van der Waals surface area contributed by atoms with Crippen LogP contribution < -0.4 is 5.73 Å². The molecule has 0 aromatic carbocycles. The topological polar surface area (TPSA) is 38.5 Å². The number of alkyl halides is 2. The van der Waals surface area contributed by atoms with E-state index in [1.54, 1.807) is 12.0 Å². The maximum Gasteiger partial charge on any atom is 0.251 e. The standard InChI is InChI=1S/C9H20F2N2O/c1-14-7-3-2-5-13(6-4-12)8-9(10)11/h9H,2-8,12H2,1H3.